The summed E-state index contributed by atoms with van der Waals surface area (Å²) in [5.41, 5.74) is 0.254. The van der Waals surface area contributed by atoms with E-state index in [0.717, 1.165) is 0 Å². The molecule has 2 heterocycles. The summed E-state index contributed by atoms with van der Waals surface area (Å²) in [5.74, 6) is 0. The summed E-state index contributed by atoms with van der Waals surface area (Å²) in [6.07, 6.45) is -2.58. The molecule has 0 bridgehead atoms. The highest BCUT2D eigenvalue weighted by atomic mass is 127. The molecule has 0 aliphatic heterocycles. The van der Waals surface area contributed by atoms with Gasteiger partial charge < -0.3 is 0 Å². The zero-order valence-corrected chi connectivity index (χ0v) is 10.4. The van der Waals surface area contributed by atoms with Gasteiger partial charge in [-0.25, -0.2) is 18.4 Å². The predicted octanol–water partition coefficient (Wildman–Crippen LogP) is 3.16. The first-order valence-corrected chi connectivity index (χ1v) is 5.43. The number of halogens is 4. The lowest BCUT2D eigenvalue weighted by molar-refractivity contribution is 0.153. The average Bonchev–Trinajstić information content (AvgIpc) is 2.41. The zero-order valence-electron chi connectivity index (χ0n) is 7.51. The minimum atomic E-state index is -2.58. The third-order valence-electron chi connectivity index (χ3n) is 1.99. The van der Waals surface area contributed by atoms with Gasteiger partial charge in [0.1, 0.15) is 8.85 Å². The van der Waals surface area contributed by atoms with E-state index in [1.807, 2.05) is 22.6 Å². The van der Waals surface area contributed by atoms with E-state index in [1.54, 1.807) is 7.05 Å². The molecule has 0 aromatic carbocycles. The first kappa shape index (κ1) is 11.0. The molecule has 2 aromatic rings. The Morgan fingerprint density at radius 2 is 2.20 bits per heavy atom. The molecular weight excluding hydrogens is 338 g/mol. The van der Waals surface area contributed by atoms with Gasteiger partial charge in [-0.05, 0) is 28.7 Å². The van der Waals surface area contributed by atoms with Gasteiger partial charge in [0.05, 0.1) is 5.39 Å². The highest BCUT2D eigenvalue weighted by molar-refractivity contribution is 14.1. The van der Waals surface area contributed by atoms with E-state index < -0.39 is 6.43 Å². The molecule has 2 aromatic heterocycles. The molecule has 0 radical (unpaired) electrons. The summed E-state index contributed by atoms with van der Waals surface area (Å²) in [7, 11) is 1.64. The van der Waals surface area contributed by atoms with Gasteiger partial charge in [0.15, 0.2) is 5.65 Å². The number of nitrogens with zero attached hydrogens (tertiary/aromatic N) is 3. The second kappa shape index (κ2) is 3.82. The molecule has 0 N–H and O–H groups in total. The van der Waals surface area contributed by atoms with Crippen molar-refractivity contribution < 1.29 is 8.78 Å². The second-order valence-electron chi connectivity index (χ2n) is 2.95. The Kier molecular flexibility index (Phi) is 2.80. The fourth-order valence-corrected chi connectivity index (χ4v) is 2.44. The summed E-state index contributed by atoms with van der Waals surface area (Å²) in [5, 5.41) is 4.45. The second-order valence-corrected chi connectivity index (χ2v) is 4.36. The van der Waals surface area contributed by atoms with Crippen LogP contribution in [-0.4, -0.2) is 14.8 Å². The van der Waals surface area contributed by atoms with E-state index in [-0.39, 0.29) is 10.7 Å². The Morgan fingerprint density at radius 3 is 2.80 bits per heavy atom. The molecule has 0 unspecified atom stereocenters. The summed E-state index contributed by atoms with van der Waals surface area (Å²) in [4.78, 5) is 3.97. The van der Waals surface area contributed by atoms with Crippen LogP contribution in [0.15, 0.2) is 6.07 Å². The van der Waals surface area contributed by atoms with E-state index in [2.05, 4.69) is 10.1 Å². The van der Waals surface area contributed by atoms with Crippen LogP contribution in [0, 0.1) is 3.70 Å². The van der Waals surface area contributed by atoms with Crippen molar-refractivity contribution in [2.24, 2.45) is 7.05 Å². The van der Waals surface area contributed by atoms with Gasteiger partial charge in [0.2, 0.25) is 0 Å². The van der Waals surface area contributed by atoms with Crippen molar-refractivity contribution in [1.29, 1.82) is 0 Å². The summed E-state index contributed by atoms with van der Waals surface area (Å²) in [6, 6.07) is 1.18. The molecular formula is C8H5ClF2IN3. The Bertz CT molecular complexity index is 526. The van der Waals surface area contributed by atoms with Gasteiger partial charge >= 0.3 is 0 Å². The quantitative estimate of drug-likeness (QED) is 0.588. The minimum Gasteiger partial charge on any atom is -0.249 e. The van der Waals surface area contributed by atoms with Crippen LogP contribution in [0.2, 0.25) is 5.15 Å². The van der Waals surface area contributed by atoms with Crippen LogP contribution in [0.1, 0.15) is 12.0 Å². The maximum Gasteiger partial charge on any atom is 0.264 e. The smallest absolute Gasteiger partial charge is 0.249 e. The van der Waals surface area contributed by atoms with Crippen molar-refractivity contribution in [2.45, 2.75) is 6.43 Å². The molecule has 0 fully saturated rings. The van der Waals surface area contributed by atoms with Crippen molar-refractivity contribution in [3.05, 3.63) is 20.5 Å². The first-order chi connectivity index (χ1) is 7.00. The fourth-order valence-electron chi connectivity index (χ4n) is 1.37. The monoisotopic (exact) mass is 343 g/mol. The molecule has 80 valence electrons. The van der Waals surface area contributed by atoms with Gasteiger partial charge in [-0.3, -0.25) is 0 Å². The fraction of sp³-hybridized carbons (Fsp3) is 0.250. The molecule has 7 heteroatoms. The molecule has 15 heavy (non-hydrogen) atoms. The molecule has 0 saturated heterocycles. The number of hydrogen-bond acceptors (Lipinski definition) is 2. The summed E-state index contributed by atoms with van der Waals surface area (Å²) in [6.45, 7) is 0. The topological polar surface area (TPSA) is 30.7 Å². The summed E-state index contributed by atoms with van der Waals surface area (Å²) >= 11 is 7.56. The molecule has 0 aliphatic rings. The summed E-state index contributed by atoms with van der Waals surface area (Å²) < 4.78 is 27.4. The Morgan fingerprint density at radius 1 is 1.53 bits per heavy atom. The number of hydrogen-bond donors (Lipinski definition) is 0. The van der Waals surface area contributed by atoms with Crippen LogP contribution < -0.4 is 0 Å². The van der Waals surface area contributed by atoms with Crippen LogP contribution in [0.5, 0.6) is 0 Å². The van der Waals surface area contributed by atoms with Crippen molar-refractivity contribution >= 4 is 45.2 Å². The van der Waals surface area contributed by atoms with Crippen LogP contribution in [0.25, 0.3) is 11.0 Å². The lowest BCUT2D eigenvalue weighted by Crippen LogP contribution is -1.94. The van der Waals surface area contributed by atoms with Gasteiger partial charge in [0, 0.05) is 12.6 Å². The lowest BCUT2D eigenvalue weighted by atomic mass is 10.2. The maximum atomic E-state index is 12.7. The van der Waals surface area contributed by atoms with E-state index in [1.165, 1.54) is 10.7 Å². The normalized spacial score (nSPS) is 11.6. The van der Waals surface area contributed by atoms with Gasteiger partial charge in [0.25, 0.3) is 6.43 Å². The lowest BCUT2D eigenvalue weighted by Gasteiger charge is -2.02. The van der Waals surface area contributed by atoms with E-state index >= 15 is 0 Å². The van der Waals surface area contributed by atoms with Crippen molar-refractivity contribution in [3.63, 3.8) is 0 Å². The number of aromatic nitrogens is 3. The average molecular weight is 344 g/mol. The van der Waals surface area contributed by atoms with Gasteiger partial charge in [-0.2, -0.15) is 5.10 Å². The highest BCUT2D eigenvalue weighted by Crippen LogP contribution is 2.31. The molecule has 0 spiro atoms. The number of aryl methyl sites for hydroxylation is 1. The molecule has 0 amide bonds. The Balaban J connectivity index is 2.89. The van der Waals surface area contributed by atoms with Crippen molar-refractivity contribution in [2.75, 3.05) is 0 Å². The van der Waals surface area contributed by atoms with Gasteiger partial charge in [-0.15, -0.1) is 0 Å². The molecule has 2 rings (SSSR count). The third-order valence-corrected chi connectivity index (χ3v) is 2.93. The highest BCUT2D eigenvalue weighted by Gasteiger charge is 2.19. The first-order valence-electron chi connectivity index (χ1n) is 3.97. The maximum absolute atomic E-state index is 12.7. The molecule has 0 saturated carbocycles. The number of alkyl halides is 2. The Hall–Kier alpha value is -0.500. The van der Waals surface area contributed by atoms with E-state index in [0.29, 0.717) is 14.7 Å². The number of pyridine rings is 1. The van der Waals surface area contributed by atoms with E-state index in [4.69, 9.17) is 11.6 Å². The Labute approximate surface area is 103 Å². The van der Waals surface area contributed by atoms with Crippen LogP contribution >= 0.6 is 34.2 Å². The predicted molar refractivity (Wildman–Crippen MR) is 61.2 cm³/mol. The van der Waals surface area contributed by atoms with Crippen LogP contribution in [0.3, 0.4) is 0 Å². The third kappa shape index (κ3) is 1.80. The zero-order chi connectivity index (χ0) is 11.2. The number of rotatable bonds is 1. The van der Waals surface area contributed by atoms with Crippen LogP contribution in [-0.2, 0) is 7.05 Å². The largest absolute Gasteiger partial charge is 0.264 e. The van der Waals surface area contributed by atoms with Crippen LogP contribution in [0.4, 0.5) is 8.78 Å². The standard InChI is InChI=1S/C8H5ClF2IN3/c1-15-8-5(7(12)14-15)3(6(10)11)2-4(9)13-8/h2,6H,1H3. The number of fused-ring (bicyclic) bond motifs is 1. The molecule has 3 nitrogen and oxygen atoms in total. The molecule has 0 atom stereocenters. The van der Waals surface area contributed by atoms with Crippen molar-refractivity contribution in [1.82, 2.24) is 14.8 Å². The van der Waals surface area contributed by atoms with Crippen molar-refractivity contribution in [3.8, 4) is 0 Å². The van der Waals surface area contributed by atoms with E-state index in [9.17, 15) is 8.78 Å². The van der Waals surface area contributed by atoms with Gasteiger partial charge in [-0.1, -0.05) is 11.6 Å². The SMILES string of the molecule is Cn1nc(I)c2c(C(F)F)cc(Cl)nc21. The minimum absolute atomic E-state index is 0.0530. The molecule has 0 aliphatic carbocycles.